The number of anilines is 1. The highest BCUT2D eigenvalue weighted by molar-refractivity contribution is 7.14. The molecule has 1 unspecified atom stereocenters. The number of carbonyl (C=O) groups is 3. The largest absolute Gasteiger partial charge is 0.455 e. The van der Waals surface area contributed by atoms with Crippen molar-refractivity contribution in [3.63, 3.8) is 0 Å². The highest BCUT2D eigenvalue weighted by Crippen LogP contribution is 2.23. The van der Waals surface area contributed by atoms with Gasteiger partial charge in [0.1, 0.15) is 5.00 Å². The van der Waals surface area contributed by atoms with E-state index in [1.165, 1.54) is 17.4 Å². The van der Waals surface area contributed by atoms with E-state index in [1.807, 2.05) is 37.3 Å². The second kappa shape index (κ2) is 8.26. The third-order valence-corrected chi connectivity index (χ3v) is 4.25. The highest BCUT2D eigenvalue weighted by Gasteiger charge is 2.21. The van der Waals surface area contributed by atoms with Crippen molar-refractivity contribution in [1.82, 2.24) is 0 Å². The topological polar surface area (TPSA) is 98.5 Å². The van der Waals surface area contributed by atoms with Crippen molar-refractivity contribution in [2.75, 3.05) is 11.9 Å². The zero-order valence-electron chi connectivity index (χ0n) is 13.2. The maximum Gasteiger partial charge on any atom is 0.313 e. The quantitative estimate of drug-likeness (QED) is 0.753. The molecular weight excluding hydrogens is 328 g/mol. The number of primary amides is 1. The number of rotatable bonds is 7. The fraction of sp³-hybridized carbons (Fsp3) is 0.235. The Balaban J connectivity index is 1.92. The third-order valence-electron chi connectivity index (χ3n) is 3.42. The number of ether oxygens (including phenoxy) is 1. The number of benzene rings is 1. The smallest absolute Gasteiger partial charge is 0.313 e. The van der Waals surface area contributed by atoms with E-state index in [9.17, 15) is 14.4 Å². The maximum absolute atomic E-state index is 12.2. The molecule has 0 aliphatic heterocycles. The zero-order chi connectivity index (χ0) is 17.5. The van der Waals surface area contributed by atoms with Crippen LogP contribution in [0, 0.1) is 0 Å². The molecule has 1 aromatic heterocycles. The lowest BCUT2D eigenvalue weighted by Crippen LogP contribution is -2.24. The fourth-order valence-electron chi connectivity index (χ4n) is 2.22. The van der Waals surface area contributed by atoms with Crippen LogP contribution in [0.4, 0.5) is 5.00 Å². The van der Waals surface area contributed by atoms with Crippen LogP contribution in [0.15, 0.2) is 41.8 Å². The molecule has 0 saturated heterocycles. The molecule has 1 heterocycles. The Morgan fingerprint density at radius 2 is 1.92 bits per heavy atom. The van der Waals surface area contributed by atoms with Crippen molar-refractivity contribution in [2.45, 2.75) is 19.3 Å². The lowest BCUT2D eigenvalue weighted by molar-refractivity contribution is -0.149. The van der Waals surface area contributed by atoms with Crippen LogP contribution in [0.1, 0.15) is 35.2 Å². The maximum atomic E-state index is 12.2. The predicted octanol–water partition coefficient (Wildman–Crippen LogP) is 2.52. The summed E-state index contributed by atoms with van der Waals surface area (Å²) < 4.78 is 5.10. The van der Waals surface area contributed by atoms with Gasteiger partial charge in [0.2, 0.25) is 0 Å². The first-order chi connectivity index (χ1) is 11.5. The first-order valence-electron chi connectivity index (χ1n) is 7.41. The molecule has 0 fully saturated rings. The van der Waals surface area contributed by atoms with Gasteiger partial charge >= 0.3 is 5.97 Å². The van der Waals surface area contributed by atoms with Crippen LogP contribution >= 0.6 is 11.3 Å². The number of carbonyl (C=O) groups excluding carboxylic acids is 3. The molecule has 0 aliphatic rings. The molecule has 3 N–H and O–H groups in total. The molecule has 1 atom stereocenters. The first kappa shape index (κ1) is 17.7. The van der Waals surface area contributed by atoms with Crippen LogP contribution in [0.3, 0.4) is 0 Å². The molecular formula is C17H18N2O4S. The summed E-state index contributed by atoms with van der Waals surface area (Å²) in [5.74, 6) is -2.02. The molecule has 2 amide bonds. The van der Waals surface area contributed by atoms with Gasteiger partial charge in [-0.15, -0.1) is 11.3 Å². The summed E-state index contributed by atoms with van der Waals surface area (Å²) in [6, 6.07) is 10.8. The molecule has 0 bridgehead atoms. The van der Waals surface area contributed by atoms with E-state index in [-0.39, 0.29) is 5.56 Å². The second-order valence-corrected chi connectivity index (χ2v) is 5.97. The Kier molecular flexibility index (Phi) is 6.08. The second-order valence-electron chi connectivity index (χ2n) is 5.06. The summed E-state index contributed by atoms with van der Waals surface area (Å²) in [7, 11) is 0. The summed E-state index contributed by atoms with van der Waals surface area (Å²) in [4.78, 5) is 35.3. The van der Waals surface area contributed by atoms with E-state index in [4.69, 9.17) is 10.5 Å². The minimum atomic E-state index is -0.626. The summed E-state index contributed by atoms with van der Waals surface area (Å²) in [6.45, 7) is 1.46. The number of nitrogens with one attached hydrogen (secondary N) is 1. The van der Waals surface area contributed by atoms with Gasteiger partial charge in [-0.2, -0.15) is 0 Å². The lowest BCUT2D eigenvalue weighted by Gasteiger charge is -2.14. The van der Waals surface area contributed by atoms with Gasteiger partial charge in [0, 0.05) is 0 Å². The van der Waals surface area contributed by atoms with Crippen molar-refractivity contribution < 1.29 is 19.1 Å². The average Bonchev–Trinajstić information content (AvgIpc) is 3.03. The zero-order valence-corrected chi connectivity index (χ0v) is 14.0. The summed E-state index contributed by atoms with van der Waals surface area (Å²) >= 11 is 1.17. The summed E-state index contributed by atoms with van der Waals surface area (Å²) in [5.41, 5.74) is 6.29. The molecule has 24 heavy (non-hydrogen) atoms. The van der Waals surface area contributed by atoms with E-state index >= 15 is 0 Å². The van der Waals surface area contributed by atoms with Crippen LogP contribution in [-0.2, 0) is 14.3 Å². The van der Waals surface area contributed by atoms with Crippen molar-refractivity contribution in [1.29, 1.82) is 0 Å². The van der Waals surface area contributed by atoms with E-state index in [2.05, 4.69) is 5.32 Å². The van der Waals surface area contributed by atoms with E-state index in [0.29, 0.717) is 11.4 Å². The van der Waals surface area contributed by atoms with E-state index in [0.717, 1.165) is 5.56 Å². The first-order valence-corrected chi connectivity index (χ1v) is 8.29. The van der Waals surface area contributed by atoms with E-state index in [1.54, 1.807) is 5.38 Å². The minimum absolute atomic E-state index is 0.232. The van der Waals surface area contributed by atoms with Gasteiger partial charge in [-0.25, -0.2) is 0 Å². The van der Waals surface area contributed by atoms with Crippen molar-refractivity contribution in [3.8, 4) is 0 Å². The molecule has 2 rings (SSSR count). The van der Waals surface area contributed by atoms with Gasteiger partial charge < -0.3 is 15.8 Å². The third kappa shape index (κ3) is 4.42. The van der Waals surface area contributed by atoms with Crippen molar-refractivity contribution >= 4 is 34.1 Å². The lowest BCUT2D eigenvalue weighted by atomic mass is 9.97. The molecule has 2 aromatic rings. The molecule has 126 valence electrons. The van der Waals surface area contributed by atoms with E-state index < -0.39 is 30.3 Å². The summed E-state index contributed by atoms with van der Waals surface area (Å²) in [6.07, 6.45) is 0.571. The van der Waals surface area contributed by atoms with Gasteiger partial charge in [-0.05, 0) is 23.4 Å². The Hall–Kier alpha value is -2.67. The minimum Gasteiger partial charge on any atom is -0.455 e. The van der Waals surface area contributed by atoms with Gasteiger partial charge in [0.05, 0.1) is 11.5 Å². The summed E-state index contributed by atoms with van der Waals surface area (Å²) in [5, 5.41) is 4.51. The van der Waals surface area contributed by atoms with Crippen LogP contribution in [0.2, 0.25) is 0 Å². The van der Waals surface area contributed by atoms with Crippen LogP contribution in [0.5, 0.6) is 0 Å². The van der Waals surface area contributed by atoms with Gasteiger partial charge in [-0.1, -0.05) is 37.3 Å². The van der Waals surface area contributed by atoms with Crippen LogP contribution in [0.25, 0.3) is 0 Å². The SMILES string of the molecule is CCC(C(=O)OCC(=O)Nc1sccc1C(N)=O)c1ccccc1. The van der Waals surface area contributed by atoms with Crippen molar-refractivity contribution in [2.24, 2.45) is 5.73 Å². The Morgan fingerprint density at radius 3 is 2.54 bits per heavy atom. The average molecular weight is 346 g/mol. The van der Waals surface area contributed by atoms with Gasteiger partial charge in [0.15, 0.2) is 6.61 Å². The number of hydrogen-bond donors (Lipinski definition) is 2. The number of hydrogen-bond acceptors (Lipinski definition) is 5. The normalized spacial score (nSPS) is 11.5. The fourth-order valence-corrected chi connectivity index (χ4v) is 3.03. The number of nitrogens with two attached hydrogens (primary N) is 1. The van der Waals surface area contributed by atoms with Gasteiger partial charge in [0.25, 0.3) is 11.8 Å². The molecule has 0 saturated carbocycles. The number of thiophene rings is 1. The molecule has 1 aromatic carbocycles. The molecule has 6 nitrogen and oxygen atoms in total. The van der Waals surface area contributed by atoms with Gasteiger partial charge in [-0.3, -0.25) is 14.4 Å². The number of amides is 2. The Morgan fingerprint density at radius 1 is 1.21 bits per heavy atom. The Bertz CT molecular complexity index is 727. The number of esters is 1. The monoisotopic (exact) mass is 346 g/mol. The molecule has 0 aliphatic carbocycles. The molecule has 7 heteroatoms. The highest BCUT2D eigenvalue weighted by atomic mass is 32.1. The molecule has 0 spiro atoms. The van der Waals surface area contributed by atoms with Crippen molar-refractivity contribution in [3.05, 3.63) is 52.9 Å². The molecule has 0 radical (unpaired) electrons. The van der Waals surface area contributed by atoms with Crippen LogP contribution in [-0.4, -0.2) is 24.4 Å². The Labute approximate surface area is 143 Å². The predicted molar refractivity (Wildman–Crippen MR) is 91.9 cm³/mol. The van der Waals surface area contributed by atoms with Crippen LogP contribution < -0.4 is 11.1 Å². The standard InChI is InChI=1S/C17H18N2O4S/c1-2-12(11-6-4-3-5-7-11)17(22)23-10-14(20)19-16-13(15(18)21)8-9-24-16/h3-9,12H,2,10H2,1H3,(H2,18,21)(H,19,20).